The van der Waals surface area contributed by atoms with E-state index >= 15 is 0 Å². The number of hydrogen-bond donors (Lipinski definition) is 2. The Morgan fingerprint density at radius 1 is 1.04 bits per heavy atom. The van der Waals surface area contributed by atoms with Gasteiger partial charge in [0, 0.05) is 32.2 Å². The van der Waals surface area contributed by atoms with Crippen LogP contribution in [0, 0.1) is 0 Å². The topological polar surface area (TPSA) is 64.0 Å². The molecule has 5 heteroatoms. The van der Waals surface area contributed by atoms with Gasteiger partial charge in [-0.3, -0.25) is 9.69 Å². The molecule has 1 aromatic rings. The Morgan fingerprint density at radius 2 is 1.75 bits per heavy atom. The van der Waals surface area contributed by atoms with Crippen molar-refractivity contribution in [1.82, 2.24) is 9.80 Å². The van der Waals surface area contributed by atoms with E-state index in [0.29, 0.717) is 12.1 Å². The van der Waals surface area contributed by atoms with E-state index in [2.05, 4.69) is 23.8 Å². The summed E-state index contributed by atoms with van der Waals surface area (Å²) in [6, 6.07) is 2.99. The van der Waals surface area contributed by atoms with Crippen molar-refractivity contribution in [2.24, 2.45) is 0 Å². The molecule has 1 fully saturated rings. The van der Waals surface area contributed by atoms with E-state index in [4.69, 9.17) is 0 Å². The predicted octanol–water partition coefficient (Wildman–Crippen LogP) is 2.65. The summed E-state index contributed by atoms with van der Waals surface area (Å²) < 4.78 is 0. The number of carbonyl (C=O) groups is 1. The molecular formula is C19H30N2O3. The number of nitrogens with zero attached hydrogens (tertiary/aromatic N) is 2. The minimum absolute atomic E-state index is 0.0770. The number of unbranched alkanes of at least 4 members (excludes halogenated alkanes) is 3. The molecule has 1 saturated heterocycles. The predicted molar refractivity (Wildman–Crippen MR) is 95.9 cm³/mol. The number of carbonyl (C=O) groups excluding carboxylic acids is 1. The number of aromatic hydroxyl groups is 2. The lowest BCUT2D eigenvalue weighted by atomic mass is 10.00. The van der Waals surface area contributed by atoms with E-state index in [-0.39, 0.29) is 17.3 Å². The largest absolute Gasteiger partial charge is 0.508 e. The van der Waals surface area contributed by atoms with E-state index in [1.165, 1.54) is 12.5 Å². The standard InChI is InChI=1S/C19H30N2O3/c1-3-4-5-6-7-15-12-16(18(23)13-17(15)22)19(24)14-21-10-8-20(2)9-11-21/h12-13,22-23H,3-11,14H2,1-2H3. The molecule has 0 saturated carbocycles. The zero-order valence-corrected chi connectivity index (χ0v) is 14.9. The molecule has 24 heavy (non-hydrogen) atoms. The van der Waals surface area contributed by atoms with E-state index in [1.807, 2.05) is 0 Å². The minimum Gasteiger partial charge on any atom is -0.508 e. The van der Waals surface area contributed by atoms with E-state index in [0.717, 1.165) is 57.4 Å². The van der Waals surface area contributed by atoms with Gasteiger partial charge in [-0.05, 0) is 31.5 Å². The van der Waals surface area contributed by atoms with Gasteiger partial charge in [-0.1, -0.05) is 26.2 Å². The summed E-state index contributed by atoms with van der Waals surface area (Å²) in [5.41, 5.74) is 1.09. The molecule has 0 amide bonds. The Labute approximate surface area is 144 Å². The molecule has 0 atom stereocenters. The number of piperazine rings is 1. The van der Waals surface area contributed by atoms with Crippen LogP contribution in [0.2, 0.25) is 0 Å². The van der Waals surface area contributed by atoms with Gasteiger partial charge in [0.2, 0.25) is 0 Å². The molecule has 1 heterocycles. The van der Waals surface area contributed by atoms with E-state index in [9.17, 15) is 15.0 Å². The number of benzene rings is 1. The van der Waals surface area contributed by atoms with Crippen LogP contribution in [0.1, 0.15) is 48.5 Å². The molecule has 0 aromatic heterocycles. The number of phenols is 2. The monoisotopic (exact) mass is 334 g/mol. The average Bonchev–Trinajstić information content (AvgIpc) is 2.55. The van der Waals surface area contributed by atoms with Crippen molar-refractivity contribution >= 4 is 5.78 Å². The highest BCUT2D eigenvalue weighted by Gasteiger charge is 2.20. The maximum Gasteiger partial charge on any atom is 0.180 e. The number of hydrogen-bond acceptors (Lipinski definition) is 5. The zero-order chi connectivity index (χ0) is 17.5. The molecule has 1 aliphatic heterocycles. The van der Waals surface area contributed by atoms with Crippen LogP contribution < -0.4 is 0 Å². The second kappa shape index (κ2) is 9.04. The summed E-state index contributed by atoms with van der Waals surface area (Å²) in [6.07, 6.45) is 5.17. The van der Waals surface area contributed by atoms with E-state index < -0.39 is 0 Å². The van der Waals surface area contributed by atoms with E-state index in [1.54, 1.807) is 6.07 Å². The molecule has 0 spiro atoms. The number of phenolic OH excluding ortho intramolecular Hbond substituents is 2. The van der Waals surface area contributed by atoms with Crippen LogP contribution in [0.4, 0.5) is 0 Å². The number of Topliss-reactive ketones (excluding diaryl/α,β-unsaturated/α-hetero) is 1. The van der Waals surface area contributed by atoms with Gasteiger partial charge in [0.25, 0.3) is 0 Å². The quantitative estimate of drug-likeness (QED) is 0.565. The first kappa shape index (κ1) is 18.7. The van der Waals surface area contributed by atoms with Crippen LogP contribution in [-0.4, -0.2) is 65.6 Å². The van der Waals surface area contributed by atoms with Crippen LogP contribution in [0.25, 0.3) is 0 Å². The summed E-state index contributed by atoms with van der Waals surface area (Å²) in [6.45, 7) is 6.12. The lowest BCUT2D eigenvalue weighted by Crippen LogP contribution is -2.46. The van der Waals surface area contributed by atoms with Gasteiger partial charge in [-0.15, -0.1) is 0 Å². The average molecular weight is 334 g/mol. The van der Waals surface area contributed by atoms with Crippen molar-refractivity contribution in [3.8, 4) is 11.5 Å². The van der Waals surface area contributed by atoms with Crippen molar-refractivity contribution in [3.05, 3.63) is 23.3 Å². The first-order valence-electron chi connectivity index (χ1n) is 9.00. The van der Waals surface area contributed by atoms with Crippen molar-refractivity contribution in [2.45, 2.75) is 39.0 Å². The molecule has 0 radical (unpaired) electrons. The zero-order valence-electron chi connectivity index (χ0n) is 14.9. The maximum absolute atomic E-state index is 12.6. The Bertz CT molecular complexity index is 552. The smallest absolute Gasteiger partial charge is 0.180 e. The molecule has 2 N–H and O–H groups in total. The Balaban J connectivity index is 2.01. The second-order valence-electron chi connectivity index (χ2n) is 6.81. The van der Waals surface area contributed by atoms with Gasteiger partial charge in [-0.2, -0.15) is 0 Å². The first-order valence-corrected chi connectivity index (χ1v) is 9.00. The molecule has 134 valence electrons. The lowest BCUT2D eigenvalue weighted by molar-refractivity contribution is 0.0874. The summed E-state index contributed by atoms with van der Waals surface area (Å²) in [5, 5.41) is 20.1. The van der Waals surface area contributed by atoms with Crippen LogP contribution in [0.5, 0.6) is 11.5 Å². The molecule has 2 rings (SSSR count). The van der Waals surface area contributed by atoms with Crippen LogP contribution >= 0.6 is 0 Å². The summed E-state index contributed by atoms with van der Waals surface area (Å²) in [5.74, 6) is -0.115. The fraction of sp³-hybridized carbons (Fsp3) is 0.632. The Hall–Kier alpha value is -1.59. The SMILES string of the molecule is CCCCCCc1cc(C(=O)CN2CCN(C)CC2)c(O)cc1O. The van der Waals surface area contributed by atoms with Gasteiger partial charge < -0.3 is 15.1 Å². The number of aryl methyl sites for hydroxylation is 1. The fourth-order valence-electron chi connectivity index (χ4n) is 3.08. The first-order chi connectivity index (χ1) is 11.5. The lowest BCUT2D eigenvalue weighted by Gasteiger charge is -2.31. The van der Waals surface area contributed by atoms with Crippen LogP contribution in [0.3, 0.4) is 0 Å². The Morgan fingerprint density at radius 3 is 2.42 bits per heavy atom. The molecule has 0 aliphatic carbocycles. The maximum atomic E-state index is 12.6. The van der Waals surface area contributed by atoms with Crippen molar-refractivity contribution in [2.75, 3.05) is 39.8 Å². The van der Waals surface area contributed by atoms with Crippen LogP contribution in [-0.2, 0) is 6.42 Å². The molecule has 0 bridgehead atoms. The molecular weight excluding hydrogens is 304 g/mol. The molecule has 1 aliphatic rings. The number of rotatable bonds is 8. The summed E-state index contributed by atoms with van der Waals surface area (Å²) in [4.78, 5) is 16.9. The van der Waals surface area contributed by atoms with Crippen LogP contribution in [0.15, 0.2) is 12.1 Å². The normalized spacial score (nSPS) is 16.4. The van der Waals surface area contributed by atoms with Gasteiger partial charge in [-0.25, -0.2) is 0 Å². The summed E-state index contributed by atoms with van der Waals surface area (Å²) >= 11 is 0. The number of ketones is 1. The van der Waals surface area contributed by atoms with Gasteiger partial charge >= 0.3 is 0 Å². The van der Waals surface area contributed by atoms with Gasteiger partial charge in [0.1, 0.15) is 11.5 Å². The molecule has 0 unspecified atom stereocenters. The fourth-order valence-corrected chi connectivity index (χ4v) is 3.08. The Kier molecular flexibility index (Phi) is 7.06. The third kappa shape index (κ3) is 5.21. The third-order valence-corrected chi connectivity index (χ3v) is 4.76. The molecule has 1 aromatic carbocycles. The highest BCUT2D eigenvalue weighted by molar-refractivity contribution is 6.00. The number of likely N-dealkylation sites (N-methyl/N-ethyl adjacent to an activating group) is 1. The van der Waals surface area contributed by atoms with Gasteiger partial charge in [0.05, 0.1) is 12.1 Å². The summed E-state index contributed by atoms with van der Waals surface area (Å²) in [7, 11) is 2.08. The van der Waals surface area contributed by atoms with Crippen molar-refractivity contribution in [1.29, 1.82) is 0 Å². The highest BCUT2D eigenvalue weighted by Crippen LogP contribution is 2.29. The molecule has 5 nitrogen and oxygen atoms in total. The highest BCUT2D eigenvalue weighted by atomic mass is 16.3. The minimum atomic E-state index is -0.121. The van der Waals surface area contributed by atoms with Gasteiger partial charge in [0.15, 0.2) is 5.78 Å². The second-order valence-corrected chi connectivity index (χ2v) is 6.81. The third-order valence-electron chi connectivity index (χ3n) is 4.76. The van der Waals surface area contributed by atoms with Crippen molar-refractivity contribution < 1.29 is 15.0 Å². The van der Waals surface area contributed by atoms with Crippen molar-refractivity contribution in [3.63, 3.8) is 0 Å².